The van der Waals surface area contributed by atoms with E-state index in [-0.39, 0.29) is 35.9 Å². The molecule has 0 unspecified atom stereocenters. The van der Waals surface area contributed by atoms with E-state index in [1.54, 1.807) is 17.6 Å². The summed E-state index contributed by atoms with van der Waals surface area (Å²) in [6, 6.07) is 4.54. The highest BCUT2D eigenvalue weighted by Crippen LogP contribution is 2.26. The third kappa shape index (κ3) is 2.94. The summed E-state index contributed by atoms with van der Waals surface area (Å²) in [4.78, 5) is 42.6. The lowest BCUT2D eigenvalue weighted by molar-refractivity contribution is 0.0475. The van der Waals surface area contributed by atoms with Gasteiger partial charge in [0.2, 0.25) is 0 Å². The summed E-state index contributed by atoms with van der Waals surface area (Å²) >= 11 is 1.30. The zero-order chi connectivity index (χ0) is 17.4. The predicted octanol–water partition coefficient (Wildman–Crippen LogP) is 2.17. The third-order valence-corrected chi connectivity index (χ3v) is 4.98. The maximum Gasteiger partial charge on any atom is 0.261 e. The smallest absolute Gasteiger partial charge is 0.261 e. The van der Waals surface area contributed by atoms with Gasteiger partial charge in [0.25, 0.3) is 17.7 Å². The van der Waals surface area contributed by atoms with Crippen LogP contribution < -0.4 is 5.32 Å². The van der Waals surface area contributed by atoms with Gasteiger partial charge >= 0.3 is 0 Å². The number of nitrogens with one attached hydrogen (secondary N) is 1. The number of amides is 3. The number of hydrogen-bond donors (Lipinski definition) is 1. The summed E-state index contributed by atoms with van der Waals surface area (Å²) in [7, 11) is 0. The number of ether oxygens (including phenoxy) is 1. The van der Waals surface area contributed by atoms with Crippen LogP contribution in [-0.4, -0.2) is 46.9 Å². The Balaban J connectivity index is 1.55. The van der Waals surface area contributed by atoms with E-state index in [0.717, 1.165) is 12.8 Å². The summed E-state index contributed by atoms with van der Waals surface area (Å²) in [6.45, 7) is 0.919. The zero-order valence-electron chi connectivity index (χ0n) is 13.2. The molecule has 7 nitrogen and oxygen atoms in total. The Hall–Kier alpha value is -2.58. The molecule has 0 radical (unpaired) electrons. The first kappa shape index (κ1) is 15.9. The van der Waals surface area contributed by atoms with E-state index >= 15 is 0 Å². The van der Waals surface area contributed by atoms with Crippen molar-refractivity contribution < 1.29 is 19.1 Å². The van der Waals surface area contributed by atoms with Gasteiger partial charge in [-0.3, -0.25) is 24.6 Å². The lowest BCUT2D eigenvalue weighted by atomic mass is 10.1. The summed E-state index contributed by atoms with van der Waals surface area (Å²) in [5, 5.41) is 4.90. The van der Waals surface area contributed by atoms with Gasteiger partial charge < -0.3 is 4.74 Å². The molecule has 1 fully saturated rings. The van der Waals surface area contributed by atoms with Crippen molar-refractivity contribution in [2.75, 3.05) is 18.5 Å². The number of hydrogen-bond acceptors (Lipinski definition) is 6. The summed E-state index contributed by atoms with van der Waals surface area (Å²) < 4.78 is 5.52. The number of rotatable bonds is 4. The van der Waals surface area contributed by atoms with Gasteiger partial charge in [0.1, 0.15) is 0 Å². The molecule has 1 aromatic carbocycles. The Morgan fingerprint density at radius 2 is 2.16 bits per heavy atom. The molecular weight excluding hydrogens is 342 g/mol. The van der Waals surface area contributed by atoms with Gasteiger partial charge in [-0.1, -0.05) is 0 Å². The number of fused-ring (bicyclic) bond motifs is 1. The molecule has 8 heteroatoms. The minimum absolute atomic E-state index is 0.102. The van der Waals surface area contributed by atoms with Crippen LogP contribution in [0, 0.1) is 0 Å². The maximum atomic E-state index is 12.6. The number of carbonyl (C=O) groups is 3. The molecule has 0 saturated carbocycles. The highest BCUT2D eigenvalue weighted by Gasteiger charge is 2.37. The molecule has 0 spiro atoms. The number of anilines is 1. The Morgan fingerprint density at radius 1 is 1.32 bits per heavy atom. The summed E-state index contributed by atoms with van der Waals surface area (Å²) in [6.07, 6.45) is 3.27. The second-order valence-electron chi connectivity index (χ2n) is 5.91. The molecule has 2 aliphatic heterocycles. The van der Waals surface area contributed by atoms with E-state index in [1.165, 1.54) is 28.4 Å². The van der Waals surface area contributed by atoms with Crippen molar-refractivity contribution in [3.05, 3.63) is 46.5 Å². The molecule has 2 aromatic rings. The first-order valence-electron chi connectivity index (χ1n) is 7.96. The number of aromatic nitrogens is 1. The van der Waals surface area contributed by atoms with Crippen molar-refractivity contribution in [3.8, 4) is 0 Å². The van der Waals surface area contributed by atoms with Crippen molar-refractivity contribution in [3.63, 3.8) is 0 Å². The molecule has 4 rings (SSSR count). The standard InChI is InChI=1S/C17H15N3O4S/c21-14(19-17-18-5-7-25-17)10-3-4-12-13(8-10)16(23)20(15(12)22)9-11-2-1-6-24-11/h3-5,7-8,11H,1-2,6,9H2,(H,18,19,21)/t11-/m1/s1. The summed E-state index contributed by atoms with van der Waals surface area (Å²) in [5.74, 6) is -1.07. The third-order valence-electron chi connectivity index (χ3n) is 4.30. The van der Waals surface area contributed by atoms with Crippen LogP contribution in [0.4, 0.5) is 5.13 Å². The molecule has 128 valence electrons. The number of nitrogens with zero attached hydrogens (tertiary/aromatic N) is 2. The molecule has 1 N–H and O–H groups in total. The van der Waals surface area contributed by atoms with Crippen LogP contribution >= 0.6 is 11.3 Å². The minimum Gasteiger partial charge on any atom is -0.376 e. The SMILES string of the molecule is O=C(Nc1nccs1)c1ccc2c(c1)C(=O)N(C[C@H]1CCCO1)C2=O. The lowest BCUT2D eigenvalue weighted by Crippen LogP contribution is -2.36. The quantitative estimate of drug-likeness (QED) is 0.847. The van der Waals surface area contributed by atoms with E-state index < -0.39 is 0 Å². The van der Waals surface area contributed by atoms with Crippen molar-refractivity contribution in [1.29, 1.82) is 0 Å². The fraction of sp³-hybridized carbons (Fsp3) is 0.294. The fourth-order valence-corrected chi connectivity index (χ4v) is 3.57. The van der Waals surface area contributed by atoms with Gasteiger partial charge in [-0.15, -0.1) is 11.3 Å². The van der Waals surface area contributed by atoms with Crippen LogP contribution in [-0.2, 0) is 4.74 Å². The van der Waals surface area contributed by atoms with Gasteiger partial charge in [-0.2, -0.15) is 0 Å². The minimum atomic E-state index is -0.376. The van der Waals surface area contributed by atoms with Crippen molar-refractivity contribution in [2.45, 2.75) is 18.9 Å². The van der Waals surface area contributed by atoms with Crippen LogP contribution in [0.1, 0.15) is 43.9 Å². The van der Waals surface area contributed by atoms with E-state index in [0.29, 0.717) is 22.9 Å². The molecule has 25 heavy (non-hydrogen) atoms. The number of thiazole rings is 1. The molecular formula is C17H15N3O4S. The van der Waals surface area contributed by atoms with Crippen LogP contribution in [0.5, 0.6) is 0 Å². The van der Waals surface area contributed by atoms with Crippen LogP contribution in [0.3, 0.4) is 0 Å². The van der Waals surface area contributed by atoms with E-state index in [2.05, 4.69) is 10.3 Å². The fourth-order valence-electron chi connectivity index (χ4n) is 3.04. The van der Waals surface area contributed by atoms with Gasteiger partial charge in [0.15, 0.2) is 5.13 Å². The molecule has 1 atom stereocenters. The Morgan fingerprint density at radius 3 is 2.88 bits per heavy atom. The second kappa shape index (κ2) is 6.38. The first-order valence-corrected chi connectivity index (χ1v) is 8.84. The molecule has 3 heterocycles. The van der Waals surface area contributed by atoms with Crippen LogP contribution in [0.15, 0.2) is 29.8 Å². The van der Waals surface area contributed by atoms with E-state index in [1.807, 2.05) is 0 Å². The topological polar surface area (TPSA) is 88.6 Å². The Labute approximate surface area is 147 Å². The largest absolute Gasteiger partial charge is 0.376 e. The van der Waals surface area contributed by atoms with Crippen LogP contribution in [0.25, 0.3) is 0 Å². The van der Waals surface area contributed by atoms with Gasteiger partial charge in [-0.25, -0.2) is 4.98 Å². The zero-order valence-corrected chi connectivity index (χ0v) is 14.0. The molecule has 1 aromatic heterocycles. The van der Waals surface area contributed by atoms with E-state index in [4.69, 9.17) is 4.74 Å². The lowest BCUT2D eigenvalue weighted by Gasteiger charge is -2.17. The Kier molecular flexibility index (Phi) is 4.06. The monoisotopic (exact) mass is 357 g/mol. The summed E-state index contributed by atoms with van der Waals surface area (Å²) in [5.41, 5.74) is 0.901. The highest BCUT2D eigenvalue weighted by molar-refractivity contribution is 7.13. The molecule has 2 aliphatic rings. The first-order chi connectivity index (χ1) is 12.1. The molecule has 1 saturated heterocycles. The van der Waals surface area contributed by atoms with E-state index in [9.17, 15) is 14.4 Å². The van der Waals surface area contributed by atoms with Gasteiger partial charge in [0, 0.05) is 23.7 Å². The average molecular weight is 357 g/mol. The number of imide groups is 1. The average Bonchev–Trinajstić information content (AvgIpc) is 3.35. The normalized spacial score (nSPS) is 19.4. The Bertz CT molecular complexity index is 844. The van der Waals surface area contributed by atoms with Crippen LogP contribution in [0.2, 0.25) is 0 Å². The molecule has 0 bridgehead atoms. The maximum absolute atomic E-state index is 12.6. The number of carbonyl (C=O) groups excluding carboxylic acids is 3. The van der Waals surface area contributed by atoms with Gasteiger partial charge in [0.05, 0.1) is 23.8 Å². The molecule has 0 aliphatic carbocycles. The number of benzene rings is 1. The van der Waals surface area contributed by atoms with Gasteiger partial charge in [-0.05, 0) is 31.0 Å². The molecule has 3 amide bonds. The van der Waals surface area contributed by atoms with Crippen molar-refractivity contribution in [2.24, 2.45) is 0 Å². The highest BCUT2D eigenvalue weighted by atomic mass is 32.1. The van der Waals surface area contributed by atoms with Crippen molar-refractivity contribution in [1.82, 2.24) is 9.88 Å². The predicted molar refractivity (Wildman–Crippen MR) is 90.9 cm³/mol. The van der Waals surface area contributed by atoms with Crippen molar-refractivity contribution >= 4 is 34.2 Å². The second-order valence-corrected chi connectivity index (χ2v) is 6.80.